The molecule has 0 spiro atoms. The summed E-state index contributed by atoms with van der Waals surface area (Å²) in [7, 11) is 0. The van der Waals surface area contributed by atoms with E-state index in [0.717, 1.165) is 16.7 Å². The highest BCUT2D eigenvalue weighted by molar-refractivity contribution is 9.08. The third-order valence-corrected chi connectivity index (χ3v) is 3.13. The summed E-state index contributed by atoms with van der Waals surface area (Å²) in [6.07, 6.45) is 2.10. The van der Waals surface area contributed by atoms with Gasteiger partial charge in [0.1, 0.15) is 12.2 Å². The minimum Gasteiger partial charge on any atom is -0.352 e. The number of nitrogens with one attached hydrogen (secondary N) is 2. The topological polar surface area (TPSA) is 70.7 Å². The molecule has 0 saturated carbocycles. The number of carbonyl (C=O) groups excluding carboxylic acids is 1. The average molecular weight is 309 g/mol. The van der Waals surface area contributed by atoms with Crippen LogP contribution in [-0.2, 0) is 11.8 Å². The molecule has 2 N–H and O–H groups in total. The van der Waals surface area contributed by atoms with E-state index in [2.05, 4.69) is 36.4 Å². The van der Waals surface area contributed by atoms with E-state index < -0.39 is 0 Å². The van der Waals surface area contributed by atoms with Crippen molar-refractivity contribution in [2.24, 2.45) is 0 Å². The molecular weight excluding hydrogens is 296 g/mol. The van der Waals surface area contributed by atoms with Gasteiger partial charge in [0.05, 0.1) is 0 Å². The van der Waals surface area contributed by atoms with E-state index in [1.165, 1.54) is 6.33 Å². The van der Waals surface area contributed by atoms with Gasteiger partial charge < -0.3 is 5.32 Å². The van der Waals surface area contributed by atoms with Gasteiger partial charge in [0.25, 0.3) is 5.91 Å². The lowest BCUT2D eigenvalue weighted by Gasteiger charge is -2.04. The summed E-state index contributed by atoms with van der Waals surface area (Å²) >= 11 is 3.37. The first-order valence-corrected chi connectivity index (χ1v) is 6.69. The molecule has 2 aromatic rings. The second-order valence-corrected chi connectivity index (χ2v) is 4.33. The molecular formula is C12H13BrN4O. The molecule has 1 aromatic heterocycles. The normalized spacial score (nSPS) is 10.3. The van der Waals surface area contributed by atoms with Gasteiger partial charge in [0.2, 0.25) is 0 Å². The molecule has 0 aliphatic rings. The lowest BCUT2D eigenvalue weighted by atomic mass is 10.1. The quantitative estimate of drug-likeness (QED) is 0.826. The van der Waals surface area contributed by atoms with Crippen molar-refractivity contribution in [2.45, 2.75) is 11.8 Å². The smallest absolute Gasteiger partial charge is 0.251 e. The first kappa shape index (κ1) is 12.8. The van der Waals surface area contributed by atoms with Crippen molar-refractivity contribution in [1.29, 1.82) is 0 Å². The number of hydrogen-bond donors (Lipinski definition) is 2. The lowest BCUT2D eigenvalue weighted by Crippen LogP contribution is -2.25. The van der Waals surface area contributed by atoms with Gasteiger partial charge >= 0.3 is 0 Å². The number of alkyl halides is 1. The second-order valence-electron chi connectivity index (χ2n) is 3.77. The predicted octanol–water partition coefficient (Wildman–Crippen LogP) is 1.67. The van der Waals surface area contributed by atoms with Crippen molar-refractivity contribution in [2.75, 3.05) is 6.54 Å². The van der Waals surface area contributed by atoms with Gasteiger partial charge in [-0.15, -0.1) is 0 Å². The minimum absolute atomic E-state index is 0.0735. The summed E-state index contributed by atoms with van der Waals surface area (Å²) in [5, 5.41) is 10.1. The number of nitrogens with zero attached hydrogens (tertiary/aromatic N) is 2. The van der Waals surface area contributed by atoms with Gasteiger partial charge in [-0.3, -0.25) is 9.89 Å². The van der Waals surface area contributed by atoms with Crippen LogP contribution in [0.5, 0.6) is 0 Å². The summed E-state index contributed by atoms with van der Waals surface area (Å²) in [6, 6.07) is 7.50. The maximum absolute atomic E-state index is 11.8. The zero-order valence-corrected chi connectivity index (χ0v) is 11.3. The number of aromatic nitrogens is 3. The van der Waals surface area contributed by atoms with Crippen LogP contribution in [0.2, 0.25) is 0 Å². The Morgan fingerprint density at radius 3 is 2.72 bits per heavy atom. The van der Waals surface area contributed by atoms with Crippen LogP contribution < -0.4 is 5.32 Å². The van der Waals surface area contributed by atoms with Crippen molar-refractivity contribution < 1.29 is 4.79 Å². The number of halogens is 1. The van der Waals surface area contributed by atoms with Gasteiger partial charge in [0.15, 0.2) is 0 Å². The monoisotopic (exact) mass is 308 g/mol. The van der Waals surface area contributed by atoms with Crippen LogP contribution in [0.3, 0.4) is 0 Å². The van der Waals surface area contributed by atoms with Crippen LogP contribution in [0.15, 0.2) is 30.6 Å². The number of carbonyl (C=O) groups is 1. The average Bonchev–Trinajstić information content (AvgIpc) is 2.92. The molecule has 94 valence electrons. The fourth-order valence-electron chi connectivity index (χ4n) is 1.49. The summed E-state index contributed by atoms with van der Waals surface area (Å²) in [5.41, 5.74) is 1.81. The third kappa shape index (κ3) is 3.40. The highest BCUT2D eigenvalue weighted by Gasteiger charge is 2.05. The standard InChI is InChI=1S/C12H13BrN4O/c13-7-9-1-3-10(4-2-9)12(18)14-6-5-11-15-8-16-17-11/h1-4,8H,5-7H2,(H,14,18)(H,15,16,17). The van der Waals surface area contributed by atoms with Crippen LogP contribution in [0.1, 0.15) is 21.7 Å². The molecule has 0 saturated heterocycles. The molecule has 18 heavy (non-hydrogen) atoms. The first-order chi connectivity index (χ1) is 8.79. The minimum atomic E-state index is -0.0735. The van der Waals surface area contributed by atoms with Gasteiger partial charge in [-0.25, -0.2) is 4.98 Å². The molecule has 0 bridgehead atoms. The van der Waals surface area contributed by atoms with Gasteiger partial charge in [-0.05, 0) is 17.7 Å². The molecule has 5 nitrogen and oxygen atoms in total. The van der Waals surface area contributed by atoms with Crippen molar-refractivity contribution in [3.05, 3.63) is 47.5 Å². The Balaban J connectivity index is 1.83. The van der Waals surface area contributed by atoms with Crippen LogP contribution in [0, 0.1) is 0 Å². The fraction of sp³-hybridized carbons (Fsp3) is 0.250. The van der Waals surface area contributed by atoms with E-state index in [0.29, 0.717) is 18.5 Å². The van der Waals surface area contributed by atoms with Gasteiger partial charge in [-0.1, -0.05) is 28.1 Å². The molecule has 1 heterocycles. The SMILES string of the molecule is O=C(NCCc1ncn[nH]1)c1ccc(CBr)cc1. The van der Waals surface area contributed by atoms with Crippen molar-refractivity contribution >= 4 is 21.8 Å². The molecule has 1 aromatic carbocycles. The molecule has 0 fully saturated rings. The Morgan fingerprint density at radius 2 is 2.11 bits per heavy atom. The number of aromatic amines is 1. The van der Waals surface area contributed by atoms with Crippen LogP contribution in [0.4, 0.5) is 0 Å². The Bertz CT molecular complexity index is 495. The van der Waals surface area contributed by atoms with E-state index in [-0.39, 0.29) is 5.91 Å². The highest BCUT2D eigenvalue weighted by atomic mass is 79.9. The first-order valence-electron chi connectivity index (χ1n) is 5.57. The summed E-state index contributed by atoms with van der Waals surface area (Å²) < 4.78 is 0. The second kappa shape index (κ2) is 6.30. The molecule has 0 radical (unpaired) electrons. The van der Waals surface area contributed by atoms with E-state index in [9.17, 15) is 4.79 Å². The molecule has 1 amide bonds. The van der Waals surface area contributed by atoms with Crippen LogP contribution in [-0.4, -0.2) is 27.6 Å². The lowest BCUT2D eigenvalue weighted by molar-refractivity contribution is 0.0954. The van der Waals surface area contributed by atoms with Crippen molar-refractivity contribution in [1.82, 2.24) is 20.5 Å². The van der Waals surface area contributed by atoms with Crippen molar-refractivity contribution in [3.8, 4) is 0 Å². The molecule has 6 heteroatoms. The maximum Gasteiger partial charge on any atom is 0.251 e. The maximum atomic E-state index is 11.8. The molecule has 0 atom stereocenters. The number of H-pyrrole nitrogens is 1. The Morgan fingerprint density at radius 1 is 1.33 bits per heavy atom. The Labute approximate surface area is 113 Å². The summed E-state index contributed by atoms with van der Waals surface area (Å²) in [6.45, 7) is 0.536. The largest absolute Gasteiger partial charge is 0.352 e. The number of amides is 1. The van der Waals surface area contributed by atoms with Crippen LogP contribution in [0.25, 0.3) is 0 Å². The summed E-state index contributed by atoms with van der Waals surface area (Å²) in [4.78, 5) is 15.8. The highest BCUT2D eigenvalue weighted by Crippen LogP contribution is 2.07. The van der Waals surface area contributed by atoms with E-state index in [4.69, 9.17) is 0 Å². The molecule has 0 aliphatic carbocycles. The molecule has 0 unspecified atom stereocenters. The number of benzene rings is 1. The van der Waals surface area contributed by atoms with Gasteiger partial charge in [-0.2, -0.15) is 5.10 Å². The third-order valence-electron chi connectivity index (χ3n) is 2.48. The van der Waals surface area contributed by atoms with E-state index in [1.54, 1.807) is 0 Å². The van der Waals surface area contributed by atoms with Crippen LogP contribution >= 0.6 is 15.9 Å². The zero-order valence-electron chi connectivity index (χ0n) is 9.69. The number of hydrogen-bond acceptors (Lipinski definition) is 3. The Hall–Kier alpha value is -1.69. The summed E-state index contributed by atoms with van der Waals surface area (Å²) in [5.74, 6) is 0.695. The fourth-order valence-corrected chi connectivity index (χ4v) is 1.87. The Kier molecular flexibility index (Phi) is 4.46. The van der Waals surface area contributed by atoms with Crippen molar-refractivity contribution in [3.63, 3.8) is 0 Å². The zero-order chi connectivity index (χ0) is 12.8. The molecule has 0 aliphatic heterocycles. The predicted molar refractivity (Wildman–Crippen MR) is 71.5 cm³/mol. The van der Waals surface area contributed by atoms with E-state index >= 15 is 0 Å². The number of rotatable bonds is 5. The van der Waals surface area contributed by atoms with E-state index in [1.807, 2.05) is 24.3 Å². The molecule has 2 rings (SSSR count). The van der Waals surface area contributed by atoms with Gasteiger partial charge in [0, 0.05) is 23.9 Å².